The van der Waals surface area contributed by atoms with Gasteiger partial charge < -0.3 is 14.8 Å². The lowest BCUT2D eigenvalue weighted by Gasteiger charge is -2.20. The van der Waals surface area contributed by atoms with Crippen LogP contribution < -0.4 is 5.32 Å². The second-order valence-corrected chi connectivity index (χ2v) is 5.44. The highest BCUT2D eigenvalue weighted by atomic mass is 16.7. The molecule has 0 radical (unpaired) electrons. The van der Waals surface area contributed by atoms with Crippen molar-refractivity contribution in [2.75, 3.05) is 13.2 Å². The van der Waals surface area contributed by atoms with Crippen LogP contribution in [0.3, 0.4) is 0 Å². The van der Waals surface area contributed by atoms with Gasteiger partial charge in [0.2, 0.25) is 0 Å². The number of hydrogen-bond donors (Lipinski definition) is 1. The van der Waals surface area contributed by atoms with Gasteiger partial charge in [-0.25, -0.2) is 0 Å². The summed E-state index contributed by atoms with van der Waals surface area (Å²) >= 11 is 0. The van der Waals surface area contributed by atoms with Gasteiger partial charge >= 0.3 is 0 Å². The highest BCUT2D eigenvalue weighted by Gasteiger charge is 2.32. The molecule has 0 bridgehead atoms. The third kappa shape index (κ3) is 3.31. The first-order valence-electron chi connectivity index (χ1n) is 6.58. The monoisotopic (exact) mass is 249 g/mol. The molecule has 1 aliphatic rings. The molecule has 0 saturated carbocycles. The molecule has 0 aliphatic carbocycles. The summed E-state index contributed by atoms with van der Waals surface area (Å²) < 4.78 is 11.3. The van der Waals surface area contributed by atoms with E-state index in [1.807, 2.05) is 13.8 Å². The van der Waals surface area contributed by atoms with Crippen LogP contribution in [0.15, 0.2) is 24.3 Å². The van der Waals surface area contributed by atoms with E-state index >= 15 is 0 Å². The zero-order chi connectivity index (χ0) is 13.2. The van der Waals surface area contributed by atoms with Crippen molar-refractivity contribution >= 4 is 0 Å². The molecule has 1 fully saturated rings. The first kappa shape index (κ1) is 13.5. The second kappa shape index (κ2) is 5.39. The molecule has 2 rings (SSSR count). The van der Waals surface area contributed by atoms with Crippen LogP contribution in [-0.4, -0.2) is 25.0 Å². The average molecular weight is 249 g/mol. The highest BCUT2D eigenvalue weighted by molar-refractivity contribution is 5.28. The van der Waals surface area contributed by atoms with E-state index in [2.05, 4.69) is 43.4 Å². The molecule has 1 N–H and O–H groups in total. The van der Waals surface area contributed by atoms with Gasteiger partial charge in [0.15, 0.2) is 5.79 Å². The van der Waals surface area contributed by atoms with Gasteiger partial charge in [0, 0.05) is 12.6 Å². The van der Waals surface area contributed by atoms with Gasteiger partial charge in [-0.1, -0.05) is 24.3 Å². The Bertz CT molecular complexity index is 403. The van der Waals surface area contributed by atoms with Crippen LogP contribution >= 0.6 is 0 Å². The lowest BCUT2D eigenvalue weighted by molar-refractivity contribution is -0.137. The molecule has 0 aromatic heterocycles. The zero-order valence-electron chi connectivity index (χ0n) is 11.7. The van der Waals surface area contributed by atoms with Crippen molar-refractivity contribution in [3.05, 3.63) is 35.4 Å². The summed E-state index contributed by atoms with van der Waals surface area (Å²) in [6.07, 6.45) is 0.145. The summed E-state index contributed by atoms with van der Waals surface area (Å²) in [5.74, 6) is -0.432. The Balaban J connectivity index is 1.86. The normalized spacial score (nSPS) is 24.1. The van der Waals surface area contributed by atoms with E-state index in [0.717, 1.165) is 6.54 Å². The minimum absolute atomic E-state index is 0.145. The van der Waals surface area contributed by atoms with E-state index in [4.69, 9.17) is 9.47 Å². The summed E-state index contributed by atoms with van der Waals surface area (Å²) in [6, 6.07) is 8.80. The Labute approximate surface area is 109 Å². The Morgan fingerprint density at radius 2 is 2.11 bits per heavy atom. The van der Waals surface area contributed by atoms with E-state index in [0.29, 0.717) is 12.6 Å². The van der Waals surface area contributed by atoms with Gasteiger partial charge in [0.05, 0.1) is 12.7 Å². The quantitative estimate of drug-likeness (QED) is 0.890. The van der Waals surface area contributed by atoms with Crippen LogP contribution in [0.2, 0.25) is 0 Å². The van der Waals surface area contributed by atoms with Gasteiger partial charge in [-0.2, -0.15) is 0 Å². The lowest BCUT2D eigenvalue weighted by atomic mass is 10.0. The SMILES string of the molecule is Cc1ccccc1C(C)NCC1COC(C)(C)O1. The molecule has 3 nitrogen and oxygen atoms in total. The summed E-state index contributed by atoms with van der Waals surface area (Å²) in [6.45, 7) is 9.73. The van der Waals surface area contributed by atoms with Crippen molar-refractivity contribution in [2.45, 2.75) is 45.6 Å². The molecule has 2 unspecified atom stereocenters. The fourth-order valence-corrected chi connectivity index (χ4v) is 2.35. The molecule has 18 heavy (non-hydrogen) atoms. The fourth-order valence-electron chi connectivity index (χ4n) is 2.35. The molecule has 100 valence electrons. The molecule has 1 aromatic carbocycles. The topological polar surface area (TPSA) is 30.5 Å². The van der Waals surface area contributed by atoms with Crippen LogP contribution in [0.1, 0.15) is 37.9 Å². The Hall–Kier alpha value is -0.900. The van der Waals surface area contributed by atoms with E-state index in [1.54, 1.807) is 0 Å². The van der Waals surface area contributed by atoms with Gasteiger partial charge in [-0.3, -0.25) is 0 Å². The molecule has 1 heterocycles. The number of benzene rings is 1. The Morgan fingerprint density at radius 3 is 2.72 bits per heavy atom. The van der Waals surface area contributed by atoms with Gasteiger partial charge in [-0.05, 0) is 38.8 Å². The second-order valence-electron chi connectivity index (χ2n) is 5.44. The number of rotatable bonds is 4. The molecular weight excluding hydrogens is 226 g/mol. The summed E-state index contributed by atoms with van der Waals surface area (Å²) in [5.41, 5.74) is 2.66. The third-order valence-corrected chi connectivity index (χ3v) is 3.37. The van der Waals surface area contributed by atoms with E-state index in [-0.39, 0.29) is 6.10 Å². The van der Waals surface area contributed by atoms with E-state index < -0.39 is 5.79 Å². The summed E-state index contributed by atoms with van der Waals surface area (Å²) in [4.78, 5) is 0. The molecule has 3 heteroatoms. The largest absolute Gasteiger partial charge is 0.348 e. The van der Waals surface area contributed by atoms with Crippen molar-refractivity contribution < 1.29 is 9.47 Å². The smallest absolute Gasteiger partial charge is 0.163 e. The van der Waals surface area contributed by atoms with Gasteiger partial charge in [0.25, 0.3) is 0 Å². The highest BCUT2D eigenvalue weighted by Crippen LogP contribution is 2.23. The standard InChI is InChI=1S/C15H23NO2/c1-11-7-5-6-8-14(11)12(2)16-9-13-10-17-15(3,4)18-13/h5-8,12-13,16H,9-10H2,1-4H3. The average Bonchev–Trinajstić information content (AvgIpc) is 2.66. The van der Waals surface area contributed by atoms with Crippen LogP contribution in [-0.2, 0) is 9.47 Å². The van der Waals surface area contributed by atoms with E-state index in [1.165, 1.54) is 11.1 Å². The van der Waals surface area contributed by atoms with E-state index in [9.17, 15) is 0 Å². The first-order valence-corrected chi connectivity index (χ1v) is 6.58. The van der Waals surface area contributed by atoms with Crippen LogP contribution in [0, 0.1) is 6.92 Å². The van der Waals surface area contributed by atoms with Crippen molar-refractivity contribution in [1.82, 2.24) is 5.32 Å². The first-order chi connectivity index (χ1) is 8.48. The zero-order valence-corrected chi connectivity index (χ0v) is 11.7. The predicted octanol–water partition coefficient (Wildman–Crippen LogP) is 2.80. The molecular formula is C15H23NO2. The van der Waals surface area contributed by atoms with Crippen molar-refractivity contribution in [2.24, 2.45) is 0 Å². The van der Waals surface area contributed by atoms with Crippen LogP contribution in [0.4, 0.5) is 0 Å². The summed E-state index contributed by atoms with van der Waals surface area (Å²) in [5, 5.41) is 3.51. The maximum atomic E-state index is 5.78. The minimum Gasteiger partial charge on any atom is -0.348 e. The molecule has 0 amide bonds. The maximum absolute atomic E-state index is 5.78. The third-order valence-electron chi connectivity index (χ3n) is 3.37. The Kier molecular flexibility index (Phi) is 4.05. The summed E-state index contributed by atoms with van der Waals surface area (Å²) in [7, 11) is 0. The van der Waals surface area contributed by atoms with Gasteiger partial charge in [-0.15, -0.1) is 0 Å². The van der Waals surface area contributed by atoms with Crippen LogP contribution in [0.25, 0.3) is 0 Å². The fraction of sp³-hybridized carbons (Fsp3) is 0.600. The van der Waals surface area contributed by atoms with Crippen LogP contribution in [0.5, 0.6) is 0 Å². The maximum Gasteiger partial charge on any atom is 0.163 e. The molecule has 0 spiro atoms. The van der Waals surface area contributed by atoms with Crippen molar-refractivity contribution in [1.29, 1.82) is 0 Å². The van der Waals surface area contributed by atoms with Gasteiger partial charge in [0.1, 0.15) is 0 Å². The number of aryl methyl sites for hydroxylation is 1. The predicted molar refractivity (Wildman–Crippen MR) is 72.5 cm³/mol. The lowest BCUT2D eigenvalue weighted by Crippen LogP contribution is -2.32. The minimum atomic E-state index is -0.432. The van der Waals surface area contributed by atoms with Crippen molar-refractivity contribution in [3.63, 3.8) is 0 Å². The molecule has 1 saturated heterocycles. The Morgan fingerprint density at radius 1 is 1.39 bits per heavy atom. The molecule has 1 aliphatic heterocycles. The van der Waals surface area contributed by atoms with Crippen molar-refractivity contribution in [3.8, 4) is 0 Å². The molecule has 2 atom stereocenters. The number of ether oxygens (including phenoxy) is 2. The number of nitrogens with one attached hydrogen (secondary N) is 1. The molecule has 1 aromatic rings. The number of hydrogen-bond acceptors (Lipinski definition) is 3.